The maximum Gasteiger partial charge on any atom is 0.268 e. The fraction of sp³-hybridized carbons (Fsp3) is 0.200. The summed E-state index contributed by atoms with van der Waals surface area (Å²) in [7, 11) is 0. The molecule has 0 radical (unpaired) electrons. The number of amides is 1. The number of rotatable bonds is 6. The highest BCUT2D eigenvalue weighted by atomic mass is 16.3. The van der Waals surface area contributed by atoms with E-state index >= 15 is 0 Å². The molecule has 0 unspecified atom stereocenters. The summed E-state index contributed by atoms with van der Waals surface area (Å²) in [6.45, 7) is 3.92. The Labute approximate surface area is 151 Å². The molecule has 0 atom stereocenters. The Hall–Kier alpha value is -3.28. The number of nitrogens with zero attached hydrogens (tertiary/aromatic N) is 3. The van der Waals surface area contributed by atoms with Crippen molar-refractivity contribution in [2.24, 2.45) is 0 Å². The van der Waals surface area contributed by atoms with Gasteiger partial charge in [0.25, 0.3) is 5.91 Å². The molecule has 6 heteroatoms. The van der Waals surface area contributed by atoms with Crippen LogP contribution < -0.4 is 5.32 Å². The van der Waals surface area contributed by atoms with E-state index in [9.17, 15) is 4.79 Å². The molecule has 0 saturated carbocycles. The molecule has 6 nitrogen and oxygen atoms in total. The number of carbonyl (C=O) groups excluding carboxylic acids is 1. The molecule has 0 spiro atoms. The average Bonchev–Trinajstić information content (AvgIpc) is 3.35. The normalized spacial score (nSPS) is 11.1. The maximum atomic E-state index is 12.7. The summed E-state index contributed by atoms with van der Waals surface area (Å²) in [5.74, 6) is -0.106. The van der Waals surface area contributed by atoms with Crippen LogP contribution in [0.2, 0.25) is 0 Å². The third-order valence-electron chi connectivity index (χ3n) is 4.56. The van der Waals surface area contributed by atoms with Crippen molar-refractivity contribution < 1.29 is 9.21 Å². The van der Waals surface area contributed by atoms with E-state index in [2.05, 4.69) is 29.4 Å². The van der Waals surface area contributed by atoms with Gasteiger partial charge < -0.3 is 18.9 Å². The maximum absolute atomic E-state index is 12.7. The summed E-state index contributed by atoms with van der Waals surface area (Å²) < 4.78 is 9.44. The molecule has 1 aromatic carbocycles. The number of carbonyl (C=O) groups is 1. The van der Waals surface area contributed by atoms with E-state index in [0.29, 0.717) is 25.3 Å². The van der Waals surface area contributed by atoms with Crippen LogP contribution in [-0.2, 0) is 13.1 Å². The van der Waals surface area contributed by atoms with Crippen molar-refractivity contribution in [3.63, 3.8) is 0 Å². The van der Waals surface area contributed by atoms with Crippen molar-refractivity contribution in [1.29, 1.82) is 0 Å². The van der Waals surface area contributed by atoms with Gasteiger partial charge in [-0.3, -0.25) is 4.79 Å². The Kier molecular flexibility index (Phi) is 4.31. The van der Waals surface area contributed by atoms with E-state index in [-0.39, 0.29) is 5.91 Å². The van der Waals surface area contributed by atoms with Crippen LogP contribution in [0.3, 0.4) is 0 Å². The van der Waals surface area contributed by atoms with E-state index in [1.54, 1.807) is 24.9 Å². The van der Waals surface area contributed by atoms with E-state index < -0.39 is 0 Å². The van der Waals surface area contributed by atoms with Gasteiger partial charge in [0.05, 0.1) is 18.1 Å². The van der Waals surface area contributed by atoms with Crippen LogP contribution in [0.1, 0.15) is 21.6 Å². The standard InChI is InChI=1S/C20H20N4O2/c1-15-4-2-3-5-16(15)13-24-17-6-11-26-19(17)12-18(24)20(25)22-8-10-23-9-7-21-14-23/h2-7,9,11-12,14H,8,10,13H2,1H3,(H,22,25). The van der Waals surface area contributed by atoms with Gasteiger partial charge >= 0.3 is 0 Å². The van der Waals surface area contributed by atoms with Gasteiger partial charge in [0.1, 0.15) is 5.69 Å². The summed E-state index contributed by atoms with van der Waals surface area (Å²) in [4.78, 5) is 16.7. The first-order valence-electron chi connectivity index (χ1n) is 8.57. The predicted octanol–water partition coefficient (Wildman–Crippen LogP) is 3.22. The molecule has 0 aliphatic carbocycles. The van der Waals surface area contributed by atoms with Crippen LogP contribution >= 0.6 is 0 Å². The molecular weight excluding hydrogens is 328 g/mol. The second kappa shape index (κ2) is 6.92. The van der Waals surface area contributed by atoms with Gasteiger partial charge in [-0.1, -0.05) is 24.3 Å². The summed E-state index contributed by atoms with van der Waals surface area (Å²) in [6.07, 6.45) is 6.99. The van der Waals surface area contributed by atoms with Crippen molar-refractivity contribution >= 4 is 17.0 Å². The zero-order valence-corrected chi connectivity index (χ0v) is 14.6. The second-order valence-corrected chi connectivity index (χ2v) is 6.27. The van der Waals surface area contributed by atoms with Crippen LogP contribution in [0.15, 0.2) is 65.8 Å². The highest BCUT2D eigenvalue weighted by molar-refractivity contribution is 5.97. The molecule has 3 heterocycles. The number of furan rings is 1. The third-order valence-corrected chi connectivity index (χ3v) is 4.56. The number of benzene rings is 1. The van der Waals surface area contributed by atoms with E-state index in [1.807, 2.05) is 33.5 Å². The summed E-state index contributed by atoms with van der Waals surface area (Å²) in [5.41, 5.74) is 4.63. The van der Waals surface area contributed by atoms with Crippen molar-refractivity contribution in [2.45, 2.75) is 20.0 Å². The second-order valence-electron chi connectivity index (χ2n) is 6.27. The fourth-order valence-corrected chi connectivity index (χ4v) is 3.10. The SMILES string of the molecule is Cc1ccccc1Cn1c(C(=O)NCCn2ccnc2)cc2occc21. The number of imidazole rings is 1. The molecule has 3 aromatic heterocycles. The Bertz CT molecular complexity index is 1030. The number of hydrogen-bond donors (Lipinski definition) is 1. The van der Waals surface area contributed by atoms with Gasteiger partial charge in [-0.05, 0) is 18.1 Å². The molecule has 0 aliphatic rings. The Morgan fingerprint density at radius 3 is 2.96 bits per heavy atom. The Morgan fingerprint density at radius 2 is 2.15 bits per heavy atom. The largest absolute Gasteiger partial charge is 0.463 e. The number of aromatic nitrogens is 3. The number of fused-ring (bicyclic) bond motifs is 1. The van der Waals surface area contributed by atoms with E-state index in [0.717, 1.165) is 11.1 Å². The summed E-state index contributed by atoms with van der Waals surface area (Å²) in [5, 5.41) is 2.98. The molecule has 1 amide bonds. The highest BCUT2D eigenvalue weighted by Crippen LogP contribution is 2.23. The van der Waals surface area contributed by atoms with Gasteiger partial charge in [0, 0.05) is 44.2 Å². The Morgan fingerprint density at radius 1 is 1.27 bits per heavy atom. The van der Waals surface area contributed by atoms with Crippen LogP contribution in [0.25, 0.3) is 11.1 Å². The van der Waals surface area contributed by atoms with Crippen molar-refractivity contribution in [3.8, 4) is 0 Å². The van der Waals surface area contributed by atoms with E-state index in [4.69, 9.17) is 4.42 Å². The molecule has 1 N–H and O–H groups in total. The topological polar surface area (TPSA) is 65.0 Å². The minimum Gasteiger partial charge on any atom is -0.463 e. The molecule has 4 rings (SSSR count). The molecule has 26 heavy (non-hydrogen) atoms. The molecule has 132 valence electrons. The molecule has 0 fully saturated rings. The molecule has 0 saturated heterocycles. The van der Waals surface area contributed by atoms with Gasteiger partial charge in [-0.2, -0.15) is 0 Å². The highest BCUT2D eigenvalue weighted by Gasteiger charge is 2.17. The smallest absolute Gasteiger partial charge is 0.268 e. The average molecular weight is 348 g/mol. The number of hydrogen-bond acceptors (Lipinski definition) is 3. The fourth-order valence-electron chi connectivity index (χ4n) is 3.10. The zero-order valence-electron chi connectivity index (χ0n) is 14.6. The molecule has 0 bridgehead atoms. The molecular formula is C20H20N4O2. The van der Waals surface area contributed by atoms with E-state index in [1.165, 1.54) is 11.1 Å². The number of aryl methyl sites for hydroxylation is 1. The first-order valence-corrected chi connectivity index (χ1v) is 8.57. The first-order chi connectivity index (χ1) is 12.7. The molecule has 0 aliphatic heterocycles. The lowest BCUT2D eigenvalue weighted by Crippen LogP contribution is -2.29. The van der Waals surface area contributed by atoms with Crippen LogP contribution in [0.5, 0.6) is 0 Å². The lowest BCUT2D eigenvalue weighted by atomic mass is 10.1. The predicted molar refractivity (Wildman–Crippen MR) is 99.0 cm³/mol. The Balaban J connectivity index is 1.57. The van der Waals surface area contributed by atoms with Gasteiger partial charge in [-0.15, -0.1) is 0 Å². The third kappa shape index (κ3) is 3.13. The van der Waals surface area contributed by atoms with Gasteiger partial charge in [0.15, 0.2) is 5.58 Å². The lowest BCUT2D eigenvalue weighted by molar-refractivity contribution is 0.0944. The quantitative estimate of drug-likeness (QED) is 0.582. The minimum absolute atomic E-state index is 0.106. The van der Waals surface area contributed by atoms with Crippen molar-refractivity contribution in [3.05, 3.63) is 78.2 Å². The van der Waals surface area contributed by atoms with Crippen LogP contribution in [0.4, 0.5) is 0 Å². The minimum atomic E-state index is -0.106. The lowest BCUT2D eigenvalue weighted by Gasteiger charge is -2.12. The van der Waals surface area contributed by atoms with Crippen LogP contribution in [0, 0.1) is 6.92 Å². The van der Waals surface area contributed by atoms with Gasteiger partial charge in [0.2, 0.25) is 0 Å². The van der Waals surface area contributed by atoms with Gasteiger partial charge in [-0.25, -0.2) is 4.98 Å². The van der Waals surface area contributed by atoms with Crippen molar-refractivity contribution in [2.75, 3.05) is 6.54 Å². The number of nitrogens with one attached hydrogen (secondary N) is 1. The first kappa shape index (κ1) is 16.2. The zero-order chi connectivity index (χ0) is 17.9. The van der Waals surface area contributed by atoms with Crippen molar-refractivity contribution in [1.82, 2.24) is 19.4 Å². The summed E-state index contributed by atoms with van der Waals surface area (Å²) >= 11 is 0. The summed E-state index contributed by atoms with van der Waals surface area (Å²) in [6, 6.07) is 11.9. The monoisotopic (exact) mass is 348 g/mol. The molecule has 4 aromatic rings. The van der Waals surface area contributed by atoms with Crippen LogP contribution in [-0.4, -0.2) is 26.6 Å².